The fourth-order valence-corrected chi connectivity index (χ4v) is 15.1. The minimum Gasteiger partial charge on any atom is -0.394 e. The van der Waals surface area contributed by atoms with Crippen molar-refractivity contribution in [2.24, 2.45) is 0 Å². The molecule has 55 nitrogen and oxygen atoms in total. The van der Waals surface area contributed by atoms with Crippen molar-refractivity contribution in [3.8, 4) is 0 Å². The summed E-state index contributed by atoms with van der Waals surface area (Å²) < 4.78 is 127. The van der Waals surface area contributed by atoms with E-state index in [1.165, 1.54) is 0 Å². The molecule has 0 aromatic heterocycles. The van der Waals surface area contributed by atoms with Crippen molar-refractivity contribution in [3.63, 3.8) is 0 Å². The van der Waals surface area contributed by atoms with Crippen LogP contribution in [0.4, 0.5) is 0 Å². The number of phosphoric acid groups is 1. The lowest BCUT2D eigenvalue weighted by atomic mass is 9.94. The molecule has 688 valence electrons. The van der Waals surface area contributed by atoms with Crippen LogP contribution in [0.15, 0.2) is 0 Å². The minimum absolute atomic E-state index is 0.899. The molecule has 10 saturated heterocycles. The predicted octanol–water partition coefficient (Wildman–Crippen LogP) is -22.5. The molecule has 10 aliphatic heterocycles. The van der Waals surface area contributed by atoms with Crippen LogP contribution in [0.3, 0.4) is 0 Å². The van der Waals surface area contributed by atoms with Gasteiger partial charge in [0.15, 0.2) is 62.9 Å². The van der Waals surface area contributed by atoms with Gasteiger partial charge in [-0.05, 0) is 0 Å². The average molecular weight is 1760 g/mol. The maximum absolute atomic E-state index is 12.6. The Morgan fingerprint density at radius 3 is 0.864 bits per heavy atom. The van der Waals surface area contributed by atoms with Gasteiger partial charge in [0, 0.05) is 6.92 Å². The number of amides is 1. The molecule has 0 spiro atoms. The molecular formula is C62H106NO54P. The highest BCUT2D eigenvalue weighted by Gasteiger charge is 2.61. The monoisotopic (exact) mass is 1760 g/mol. The molecule has 1 amide bonds. The Kier molecular flexibility index (Phi) is 34.8. The third-order valence-corrected chi connectivity index (χ3v) is 22.0. The Hall–Kier alpha value is -2.38. The molecule has 0 aliphatic carbocycles. The van der Waals surface area contributed by atoms with E-state index in [9.17, 15) is 172 Å². The maximum atomic E-state index is 12.6. The third kappa shape index (κ3) is 21.4. The number of nitrogens with one attached hydrogen (secondary N) is 1. The predicted molar refractivity (Wildman–Crippen MR) is 352 cm³/mol. The second-order valence-electron chi connectivity index (χ2n) is 29.4. The van der Waals surface area contributed by atoms with Gasteiger partial charge in [0.2, 0.25) is 5.91 Å². The first-order valence-electron chi connectivity index (χ1n) is 36.9. The molecule has 0 radical (unpaired) electrons. The number of carbonyl (C=O) groups excluding carboxylic acids is 1. The van der Waals surface area contributed by atoms with Crippen LogP contribution in [0.5, 0.6) is 0 Å². The highest BCUT2D eigenvalue weighted by Crippen LogP contribution is 2.42. The van der Waals surface area contributed by atoms with Crippen molar-refractivity contribution >= 4 is 13.7 Å². The van der Waals surface area contributed by atoms with Crippen LogP contribution in [-0.4, -0.2) is 542 Å². The van der Waals surface area contributed by atoms with Crippen molar-refractivity contribution < 1.29 is 267 Å². The Bertz CT molecular complexity index is 3120. The lowest BCUT2D eigenvalue weighted by molar-refractivity contribution is -0.408. The van der Waals surface area contributed by atoms with Crippen molar-refractivity contribution in [1.29, 1.82) is 0 Å². The number of phosphoric ester groups is 1. The number of hydrogen-bond donors (Lipinski definition) is 33. The van der Waals surface area contributed by atoms with E-state index in [4.69, 9.17) is 90.0 Å². The summed E-state index contributed by atoms with van der Waals surface area (Å²) in [7, 11) is -5.38. The molecule has 0 aromatic rings. The molecule has 50 atom stereocenters. The van der Waals surface area contributed by atoms with Gasteiger partial charge < -0.3 is 258 Å². The molecule has 33 N–H and O–H groups in total. The van der Waals surface area contributed by atoms with Gasteiger partial charge >= 0.3 is 7.82 Å². The quantitative estimate of drug-likeness (QED) is 0.0287. The minimum atomic E-state index is -5.38. The second-order valence-corrected chi connectivity index (χ2v) is 30.6. The fourth-order valence-electron chi connectivity index (χ4n) is 14.7. The summed E-state index contributed by atoms with van der Waals surface area (Å²) in [5.74, 6) is -0.899. The van der Waals surface area contributed by atoms with Crippen LogP contribution in [0, 0.1) is 0 Å². The van der Waals surface area contributed by atoms with Gasteiger partial charge in [-0.2, -0.15) is 0 Å². The molecule has 0 aromatic carbocycles. The van der Waals surface area contributed by atoms with E-state index in [2.05, 4.69) is 9.84 Å². The van der Waals surface area contributed by atoms with Crippen LogP contribution in [0.2, 0.25) is 0 Å². The lowest BCUT2D eigenvalue weighted by Crippen LogP contribution is -2.69. The third-order valence-electron chi connectivity index (χ3n) is 21.5. The summed E-state index contributed by atoms with van der Waals surface area (Å²) in [6, 6.07) is -1.83. The first-order chi connectivity index (χ1) is 55.7. The van der Waals surface area contributed by atoms with E-state index < -0.39 is 387 Å². The first kappa shape index (κ1) is 97.8. The molecule has 10 rings (SSSR count). The summed E-state index contributed by atoms with van der Waals surface area (Å²) in [5, 5.41) is 335. The Labute approximate surface area is 664 Å². The van der Waals surface area contributed by atoms with Crippen molar-refractivity contribution in [3.05, 3.63) is 0 Å². The van der Waals surface area contributed by atoms with Gasteiger partial charge in [0.1, 0.15) is 244 Å². The van der Waals surface area contributed by atoms with Crippen LogP contribution in [-0.2, 0) is 104 Å². The van der Waals surface area contributed by atoms with Crippen molar-refractivity contribution in [1.82, 2.24) is 5.32 Å². The summed E-state index contributed by atoms with van der Waals surface area (Å²) in [4.78, 5) is 31.2. The SMILES string of the molecule is CC(=O)N[C@H]1C(O)O[C@H](CO)[C@@H](O[C@@H]2O[C@H](CO[C@H]3O[C@H](CO[C@H]4O[C@H](CO)[C@@H](O)[C@H](O)[C@@H]4O[C@H]4O[C@H](CO)[C@@H](O)[C@H](O)[C@@H]4O)[C@@H](O)[C@H](O[C@H]4O[C@H](CO)[C@@H](O)[C@H](O)[C@@H]4O[C@H]4O[C@H](COP(=O)(O)O)[C@@H](O)[C@H](O)[C@@H]4O)[C@@H]3O)[C@@H](O)[C@H](O[C@H]3O[C@H](CO)[C@@H](O)[C@H](O)[C@@H]3O[C@H]3O[C@H](CO)[C@@H](O)[C@H](O)[C@@H]3O[C@H]3O[C@H](CO)[C@@H](O)[C@H](O)[C@@H]3O)[C@@H]2O)[C@@H]1O. The normalized spacial score (nSPS) is 51.3. The molecule has 10 aliphatic rings. The average Bonchev–Trinajstić information content (AvgIpc) is 0.770. The van der Waals surface area contributed by atoms with Crippen molar-refractivity contribution in [2.45, 2.75) is 314 Å². The van der Waals surface area contributed by atoms with E-state index in [-0.39, 0.29) is 0 Å². The van der Waals surface area contributed by atoms with Crippen LogP contribution >= 0.6 is 7.82 Å². The zero-order valence-corrected chi connectivity index (χ0v) is 62.6. The number of rotatable bonds is 31. The van der Waals surface area contributed by atoms with Gasteiger partial charge in [-0.25, -0.2) is 4.57 Å². The summed E-state index contributed by atoms with van der Waals surface area (Å²) in [6.07, 6.45) is -109. The largest absolute Gasteiger partial charge is 0.469 e. The Morgan fingerprint density at radius 1 is 0.263 bits per heavy atom. The highest BCUT2D eigenvalue weighted by molar-refractivity contribution is 7.46. The smallest absolute Gasteiger partial charge is 0.394 e. The van der Waals surface area contributed by atoms with Crippen LogP contribution in [0.1, 0.15) is 6.92 Å². The van der Waals surface area contributed by atoms with Gasteiger partial charge in [0.05, 0.1) is 66.1 Å². The first-order valence-corrected chi connectivity index (χ1v) is 38.5. The molecule has 56 heteroatoms. The lowest BCUT2D eigenvalue weighted by Gasteiger charge is -2.50. The topological polar surface area (TPSA) is 878 Å². The number of aliphatic hydroxyl groups excluding tert-OH is 30. The fraction of sp³-hybridized carbons (Fsp3) is 0.984. The summed E-state index contributed by atoms with van der Waals surface area (Å²) >= 11 is 0. The van der Waals surface area contributed by atoms with E-state index in [0.717, 1.165) is 6.92 Å². The number of hydrogen-bond acceptors (Lipinski definition) is 52. The van der Waals surface area contributed by atoms with Crippen LogP contribution in [0.25, 0.3) is 0 Å². The molecule has 118 heavy (non-hydrogen) atoms. The van der Waals surface area contributed by atoms with E-state index in [1.807, 2.05) is 0 Å². The van der Waals surface area contributed by atoms with Gasteiger partial charge in [-0.15, -0.1) is 0 Å². The zero-order chi connectivity index (χ0) is 86.9. The van der Waals surface area contributed by atoms with Gasteiger partial charge in [-0.3, -0.25) is 9.32 Å². The molecule has 1 unspecified atom stereocenters. The van der Waals surface area contributed by atoms with E-state index >= 15 is 0 Å². The Morgan fingerprint density at radius 2 is 0.517 bits per heavy atom. The summed E-state index contributed by atoms with van der Waals surface area (Å²) in [5.41, 5.74) is 0. The summed E-state index contributed by atoms with van der Waals surface area (Å²) in [6.45, 7) is -10.8. The molecule has 10 fully saturated rings. The maximum Gasteiger partial charge on any atom is 0.469 e. The van der Waals surface area contributed by atoms with Gasteiger partial charge in [0.25, 0.3) is 0 Å². The molecule has 0 saturated carbocycles. The number of carbonyl (C=O) groups is 1. The van der Waals surface area contributed by atoms with Crippen molar-refractivity contribution in [2.75, 3.05) is 66.1 Å². The van der Waals surface area contributed by atoms with E-state index in [0.29, 0.717) is 0 Å². The molecule has 0 bridgehead atoms. The standard InChI is InChI=1S/C62H106NO54P/c1-12(71)63-23-33(81)46(19(8-70)101-53(23)94)111-58-45(93)48(113-61-52(40(88)29(77)17(6-68)106-61)117-62-51(39(87)28(76)18(7-69)107-62)115-56-42(90)35(83)25(73)14(3-65)103-56)32(80)21(109-58)9-98-54-44(92)47(112-60-50(38(86)27(75)16(5-67)105-60)116-57-43(91)36(84)30(78)22(110-57)11-100-118(95,96)97)31(79)20(108-54)10-99-59-49(37(85)26(74)15(4-66)104-59)114-55-41(89)34(82)24(72)13(2-64)102-55/h13-62,64-70,72-94H,2-11H2,1H3,(H,63,71)(H2,95,96,97)/t13-,14-,15-,16-,17-,18-,19-,20-,21-,22-,23-,24-,25-,26-,27-,28-,29-,30-,31-,32-,33-,34+,35+,36+,37+,38+,39+,40+,41+,42+,43+,44+,45+,46-,47+,48+,49+,50+,51+,52+,53?,54+,55-,56-,57-,58+,59+,60-,61-,62-/m1/s1. The second kappa shape index (κ2) is 42.0. The van der Waals surface area contributed by atoms with E-state index in [1.54, 1.807) is 0 Å². The number of aliphatic hydroxyl groups is 30. The Balaban J connectivity index is 1.00. The van der Waals surface area contributed by atoms with Crippen LogP contribution < -0.4 is 5.32 Å². The number of ether oxygens (including phenoxy) is 19. The molecular weight excluding hydrogens is 1650 g/mol. The zero-order valence-electron chi connectivity index (χ0n) is 61.7. The molecule has 10 heterocycles. The highest BCUT2D eigenvalue weighted by atomic mass is 31.2. The van der Waals surface area contributed by atoms with Gasteiger partial charge in [-0.1, -0.05) is 0 Å².